The Morgan fingerprint density at radius 1 is 1.53 bits per heavy atom. The van der Waals surface area contributed by atoms with E-state index in [1.54, 1.807) is 11.3 Å². The maximum Gasteiger partial charge on any atom is 0.169 e. The van der Waals surface area contributed by atoms with Gasteiger partial charge >= 0.3 is 0 Å². The third kappa shape index (κ3) is 3.20. The average Bonchev–Trinajstić information content (AvgIpc) is 2.95. The van der Waals surface area contributed by atoms with E-state index in [1.165, 1.54) is 0 Å². The maximum atomic E-state index is 12.2. The molecular formula is C13H14ClIN2OS. The van der Waals surface area contributed by atoms with Gasteiger partial charge in [0.1, 0.15) is 0 Å². The van der Waals surface area contributed by atoms with Gasteiger partial charge in [-0.3, -0.25) is 9.48 Å². The molecule has 0 unspecified atom stereocenters. The van der Waals surface area contributed by atoms with Crippen molar-refractivity contribution in [1.29, 1.82) is 0 Å². The van der Waals surface area contributed by atoms with Crippen LogP contribution >= 0.6 is 45.5 Å². The number of hydrogen-bond acceptors (Lipinski definition) is 3. The SMILES string of the molecule is CCc1nn(CC)c(CC(=O)c2csc(I)c2)c1Cl. The molecule has 0 radical (unpaired) electrons. The summed E-state index contributed by atoms with van der Waals surface area (Å²) in [6.07, 6.45) is 1.09. The van der Waals surface area contributed by atoms with Gasteiger partial charge in [0.25, 0.3) is 0 Å². The van der Waals surface area contributed by atoms with Gasteiger partial charge in [0.05, 0.1) is 25.7 Å². The Kier molecular flexibility index (Phi) is 5.03. The van der Waals surface area contributed by atoms with Gasteiger partial charge < -0.3 is 0 Å². The van der Waals surface area contributed by atoms with Crippen LogP contribution in [0, 0.1) is 2.88 Å². The zero-order valence-corrected chi connectivity index (χ0v) is 14.5. The summed E-state index contributed by atoms with van der Waals surface area (Å²) in [5.74, 6) is 0.0957. The van der Waals surface area contributed by atoms with Gasteiger partial charge in [-0.15, -0.1) is 11.3 Å². The lowest BCUT2D eigenvalue weighted by atomic mass is 10.1. The maximum absolute atomic E-state index is 12.2. The highest BCUT2D eigenvalue weighted by Crippen LogP contribution is 2.24. The fourth-order valence-corrected chi connectivity index (χ4v) is 3.58. The van der Waals surface area contributed by atoms with Crippen molar-refractivity contribution in [2.24, 2.45) is 0 Å². The van der Waals surface area contributed by atoms with Crippen molar-refractivity contribution in [3.05, 3.63) is 36.3 Å². The number of rotatable bonds is 5. The Hall–Kier alpha value is -0.400. The van der Waals surface area contributed by atoms with Crippen LogP contribution in [0.5, 0.6) is 0 Å². The lowest BCUT2D eigenvalue weighted by Crippen LogP contribution is -2.09. The van der Waals surface area contributed by atoms with E-state index in [0.717, 1.165) is 32.8 Å². The molecule has 0 aliphatic heterocycles. The van der Waals surface area contributed by atoms with Gasteiger partial charge in [-0.1, -0.05) is 18.5 Å². The van der Waals surface area contributed by atoms with Crippen LogP contribution in [0.2, 0.25) is 5.02 Å². The van der Waals surface area contributed by atoms with Crippen molar-refractivity contribution in [2.75, 3.05) is 0 Å². The standard InChI is InChI=1S/C13H14ClIN2OS/c1-3-9-13(14)10(17(4-2)16-9)6-11(18)8-5-12(15)19-7-8/h5,7H,3-4,6H2,1-2H3. The van der Waals surface area contributed by atoms with Crippen LogP contribution in [0.25, 0.3) is 0 Å². The molecule has 19 heavy (non-hydrogen) atoms. The first-order valence-electron chi connectivity index (χ1n) is 6.08. The van der Waals surface area contributed by atoms with Crippen molar-refractivity contribution in [3.63, 3.8) is 0 Å². The molecule has 0 spiro atoms. The highest BCUT2D eigenvalue weighted by atomic mass is 127. The number of carbonyl (C=O) groups is 1. The molecule has 3 nitrogen and oxygen atoms in total. The number of aryl methyl sites for hydroxylation is 2. The summed E-state index contributed by atoms with van der Waals surface area (Å²) < 4.78 is 2.95. The first-order valence-corrected chi connectivity index (χ1v) is 8.41. The topological polar surface area (TPSA) is 34.9 Å². The molecular weight excluding hydrogens is 395 g/mol. The third-order valence-electron chi connectivity index (χ3n) is 2.91. The first kappa shape index (κ1) is 15.0. The minimum Gasteiger partial charge on any atom is -0.294 e. The quantitative estimate of drug-likeness (QED) is 0.549. The van der Waals surface area contributed by atoms with Crippen LogP contribution < -0.4 is 0 Å². The predicted molar refractivity (Wildman–Crippen MR) is 87.4 cm³/mol. The molecule has 0 aliphatic rings. The number of thiophene rings is 1. The molecule has 2 heterocycles. The molecule has 0 aromatic carbocycles. The van der Waals surface area contributed by atoms with E-state index in [0.29, 0.717) is 11.4 Å². The molecule has 0 amide bonds. The molecule has 2 aromatic heterocycles. The van der Waals surface area contributed by atoms with Crippen molar-refractivity contribution in [1.82, 2.24) is 9.78 Å². The summed E-state index contributed by atoms with van der Waals surface area (Å²) in [7, 11) is 0. The van der Waals surface area contributed by atoms with E-state index in [1.807, 2.05) is 30.0 Å². The number of hydrogen-bond donors (Lipinski definition) is 0. The second-order valence-electron chi connectivity index (χ2n) is 4.12. The molecule has 102 valence electrons. The normalized spacial score (nSPS) is 10.9. The molecule has 0 N–H and O–H groups in total. The van der Waals surface area contributed by atoms with E-state index < -0.39 is 0 Å². The zero-order chi connectivity index (χ0) is 14.0. The highest BCUT2D eigenvalue weighted by molar-refractivity contribution is 14.1. The van der Waals surface area contributed by atoms with Crippen LogP contribution in [-0.2, 0) is 19.4 Å². The summed E-state index contributed by atoms with van der Waals surface area (Å²) >= 11 is 10.1. The molecule has 0 fully saturated rings. The molecule has 0 atom stereocenters. The summed E-state index contributed by atoms with van der Waals surface area (Å²) in [5.41, 5.74) is 2.45. The minimum atomic E-state index is 0.0957. The molecule has 0 bridgehead atoms. The number of carbonyl (C=O) groups excluding carboxylic acids is 1. The highest BCUT2D eigenvalue weighted by Gasteiger charge is 2.18. The lowest BCUT2D eigenvalue weighted by Gasteiger charge is -2.03. The Labute approximate surface area is 135 Å². The van der Waals surface area contributed by atoms with Crippen LogP contribution in [0.3, 0.4) is 0 Å². The summed E-state index contributed by atoms with van der Waals surface area (Å²) in [6, 6.07) is 1.91. The predicted octanol–water partition coefficient (Wildman–Crippen LogP) is 4.21. The number of Topliss-reactive ketones (excluding diaryl/α,β-unsaturated/α-hetero) is 1. The van der Waals surface area contributed by atoms with Gasteiger partial charge in [-0.25, -0.2) is 0 Å². The van der Waals surface area contributed by atoms with Gasteiger partial charge in [0, 0.05) is 17.5 Å². The fraction of sp³-hybridized carbons (Fsp3) is 0.385. The second-order valence-corrected chi connectivity index (χ2v) is 7.30. The van der Waals surface area contributed by atoms with Crippen LogP contribution in [0.15, 0.2) is 11.4 Å². The number of nitrogens with zero attached hydrogens (tertiary/aromatic N) is 2. The third-order valence-corrected chi connectivity index (χ3v) is 5.14. The second kappa shape index (κ2) is 6.37. The largest absolute Gasteiger partial charge is 0.294 e. The molecule has 0 saturated heterocycles. The van der Waals surface area contributed by atoms with Gasteiger partial charge in [-0.2, -0.15) is 5.10 Å². The van der Waals surface area contributed by atoms with Crippen LogP contribution in [0.4, 0.5) is 0 Å². The molecule has 0 aliphatic carbocycles. The number of aromatic nitrogens is 2. The smallest absolute Gasteiger partial charge is 0.169 e. The number of ketones is 1. The average molecular weight is 409 g/mol. The number of halogens is 2. The van der Waals surface area contributed by atoms with E-state index in [-0.39, 0.29) is 5.78 Å². The van der Waals surface area contributed by atoms with Gasteiger partial charge in [0.15, 0.2) is 5.78 Å². The van der Waals surface area contributed by atoms with Crippen molar-refractivity contribution < 1.29 is 4.79 Å². The molecule has 2 aromatic rings. The molecule has 2 rings (SSSR count). The van der Waals surface area contributed by atoms with E-state index in [4.69, 9.17) is 11.6 Å². The van der Waals surface area contributed by atoms with Gasteiger partial charge in [0.2, 0.25) is 0 Å². The minimum absolute atomic E-state index is 0.0957. The lowest BCUT2D eigenvalue weighted by molar-refractivity contribution is 0.0991. The Morgan fingerprint density at radius 2 is 2.26 bits per heavy atom. The summed E-state index contributed by atoms with van der Waals surface area (Å²) in [4.78, 5) is 12.2. The Balaban J connectivity index is 2.28. The van der Waals surface area contributed by atoms with Crippen LogP contribution in [-0.4, -0.2) is 15.6 Å². The summed E-state index contributed by atoms with van der Waals surface area (Å²) in [6.45, 7) is 4.74. The zero-order valence-electron chi connectivity index (χ0n) is 10.7. The van der Waals surface area contributed by atoms with Gasteiger partial charge in [-0.05, 0) is 42.0 Å². The Bertz CT molecular complexity index is 606. The van der Waals surface area contributed by atoms with Crippen molar-refractivity contribution >= 4 is 51.3 Å². The van der Waals surface area contributed by atoms with E-state index >= 15 is 0 Å². The Morgan fingerprint density at radius 3 is 2.79 bits per heavy atom. The monoisotopic (exact) mass is 408 g/mol. The fourth-order valence-electron chi connectivity index (χ4n) is 1.90. The summed E-state index contributed by atoms with van der Waals surface area (Å²) in [5, 5.41) is 6.97. The van der Waals surface area contributed by atoms with E-state index in [9.17, 15) is 4.79 Å². The van der Waals surface area contributed by atoms with Crippen molar-refractivity contribution in [2.45, 2.75) is 33.2 Å². The molecule has 6 heteroatoms. The first-order chi connectivity index (χ1) is 9.06. The van der Waals surface area contributed by atoms with E-state index in [2.05, 4.69) is 27.7 Å². The molecule has 0 saturated carbocycles. The van der Waals surface area contributed by atoms with Crippen LogP contribution in [0.1, 0.15) is 35.6 Å². The van der Waals surface area contributed by atoms with Crippen molar-refractivity contribution in [3.8, 4) is 0 Å².